The smallest absolute Gasteiger partial charge is 0.276 e. The third-order valence-corrected chi connectivity index (χ3v) is 4.50. The van der Waals surface area contributed by atoms with Crippen LogP contribution in [0, 0.1) is 6.92 Å². The summed E-state index contributed by atoms with van der Waals surface area (Å²) in [5.74, 6) is 0.950. The largest absolute Gasteiger partial charge is 0.475 e. The zero-order chi connectivity index (χ0) is 18.1. The number of amides is 1. The predicted molar refractivity (Wildman–Crippen MR) is 91.5 cm³/mol. The highest BCUT2D eigenvalue weighted by atomic mass is 16.5. The van der Waals surface area contributed by atoms with Gasteiger partial charge in [-0.15, -0.1) is 0 Å². The van der Waals surface area contributed by atoms with Crippen molar-refractivity contribution in [2.24, 2.45) is 7.05 Å². The van der Waals surface area contributed by atoms with Crippen molar-refractivity contribution >= 4 is 5.91 Å². The van der Waals surface area contributed by atoms with Gasteiger partial charge in [-0.2, -0.15) is 0 Å². The molecule has 4 rings (SSSR count). The Balaban J connectivity index is 1.59. The van der Waals surface area contributed by atoms with Crippen molar-refractivity contribution in [2.45, 2.75) is 25.9 Å². The minimum Gasteiger partial charge on any atom is -0.475 e. The molecule has 0 radical (unpaired) electrons. The van der Waals surface area contributed by atoms with E-state index in [4.69, 9.17) is 9.26 Å². The molecule has 0 fully saturated rings. The number of aromatic nitrogens is 4. The SMILES string of the molecule is Cc1cc(C(=O)N2Cc3ncn(C)c3C[C@@H]2COc2ccccn2)no1. The molecule has 0 unspecified atom stereocenters. The van der Waals surface area contributed by atoms with E-state index in [0.717, 1.165) is 11.4 Å². The third-order valence-electron chi connectivity index (χ3n) is 4.50. The van der Waals surface area contributed by atoms with Crippen LogP contribution in [0.1, 0.15) is 27.6 Å². The first kappa shape index (κ1) is 16.3. The predicted octanol–water partition coefficient (Wildman–Crippen LogP) is 1.76. The highest BCUT2D eigenvalue weighted by Gasteiger charge is 2.34. The van der Waals surface area contributed by atoms with Gasteiger partial charge < -0.3 is 18.7 Å². The van der Waals surface area contributed by atoms with E-state index in [1.54, 1.807) is 36.5 Å². The summed E-state index contributed by atoms with van der Waals surface area (Å²) < 4.78 is 12.9. The molecule has 0 aromatic carbocycles. The third kappa shape index (κ3) is 3.05. The maximum absolute atomic E-state index is 12.9. The molecule has 0 aliphatic carbocycles. The van der Waals surface area contributed by atoms with E-state index < -0.39 is 0 Å². The highest BCUT2D eigenvalue weighted by molar-refractivity contribution is 5.92. The summed E-state index contributed by atoms with van der Waals surface area (Å²) in [6, 6.07) is 6.99. The number of nitrogens with zero attached hydrogens (tertiary/aromatic N) is 5. The van der Waals surface area contributed by atoms with Crippen molar-refractivity contribution in [1.82, 2.24) is 24.6 Å². The van der Waals surface area contributed by atoms with E-state index in [9.17, 15) is 4.79 Å². The van der Waals surface area contributed by atoms with Crippen LogP contribution in [0.5, 0.6) is 5.88 Å². The van der Waals surface area contributed by atoms with Gasteiger partial charge in [0.1, 0.15) is 12.4 Å². The summed E-state index contributed by atoms with van der Waals surface area (Å²) in [7, 11) is 1.96. The Morgan fingerprint density at radius 3 is 3.00 bits per heavy atom. The van der Waals surface area contributed by atoms with E-state index in [2.05, 4.69) is 15.1 Å². The zero-order valence-corrected chi connectivity index (χ0v) is 14.6. The number of carbonyl (C=O) groups excluding carboxylic acids is 1. The number of rotatable bonds is 4. The van der Waals surface area contributed by atoms with Crippen LogP contribution in [0.4, 0.5) is 0 Å². The lowest BCUT2D eigenvalue weighted by Gasteiger charge is -2.34. The quantitative estimate of drug-likeness (QED) is 0.710. The average molecular weight is 353 g/mol. The van der Waals surface area contributed by atoms with Crippen molar-refractivity contribution in [2.75, 3.05) is 6.61 Å². The maximum Gasteiger partial charge on any atom is 0.276 e. The molecule has 0 bridgehead atoms. The molecular weight excluding hydrogens is 334 g/mol. The average Bonchev–Trinajstić information content (AvgIpc) is 3.25. The van der Waals surface area contributed by atoms with Gasteiger partial charge in [0.15, 0.2) is 5.69 Å². The molecule has 8 heteroatoms. The van der Waals surface area contributed by atoms with Gasteiger partial charge in [-0.1, -0.05) is 11.2 Å². The van der Waals surface area contributed by atoms with Crippen molar-refractivity contribution in [1.29, 1.82) is 0 Å². The molecule has 1 amide bonds. The molecule has 0 N–H and O–H groups in total. The first-order valence-electron chi connectivity index (χ1n) is 8.39. The van der Waals surface area contributed by atoms with Gasteiger partial charge in [-0.25, -0.2) is 9.97 Å². The van der Waals surface area contributed by atoms with Gasteiger partial charge in [0.05, 0.1) is 24.6 Å². The topological polar surface area (TPSA) is 86.3 Å². The van der Waals surface area contributed by atoms with Crippen LogP contribution >= 0.6 is 0 Å². The number of fused-ring (bicyclic) bond motifs is 1. The Morgan fingerprint density at radius 2 is 2.27 bits per heavy atom. The van der Waals surface area contributed by atoms with Crippen LogP contribution in [-0.4, -0.2) is 43.1 Å². The number of carbonyl (C=O) groups is 1. The first-order chi connectivity index (χ1) is 12.6. The van der Waals surface area contributed by atoms with E-state index >= 15 is 0 Å². The molecule has 8 nitrogen and oxygen atoms in total. The van der Waals surface area contributed by atoms with Gasteiger partial charge in [0.25, 0.3) is 5.91 Å². The molecule has 134 valence electrons. The van der Waals surface area contributed by atoms with E-state index in [1.807, 2.05) is 23.7 Å². The van der Waals surface area contributed by atoms with Crippen LogP contribution < -0.4 is 4.74 Å². The fourth-order valence-corrected chi connectivity index (χ4v) is 3.14. The van der Waals surface area contributed by atoms with Gasteiger partial charge in [0.2, 0.25) is 5.88 Å². The summed E-state index contributed by atoms with van der Waals surface area (Å²) in [5, 5.41) is 3.86. The van der Waals surface area contributed by atoms with Crippen LogP contribution in [0.2, 0.25) is 0 Å². The Kier molecular flexibility index (Phi) is 4.16. The molecule has 0 spiro atoms. The molecular formula is C18H19N5O3. The molecule has 0 saturated carbocycles. The van der Waals surface area contributed by atoms with Crippen LogP contribution in [0.3, 0.4) is 0 Å². The van der Waals surface area contributed by atoms with Gasteiger partial charge in [-0.3, -0.25) is 4.79 Å². The van der Waals surface area contributed by atoms with E-state index in [0.29, 0.717) is 36.9 Å². The van der Waals surface area contributed by atoms with Crippen molar-refractivity contribution in [3.63, 3.8) is 0 Å². The molecule has 3 aromatic rings. The molecule has 26 heavy (non-hydrogen) atoms. The van der Waals surface area contributed by atoms with Gasteiger partial charge in [-0.05, 0) is 13.0 Å². The standard InChI is InChI=1S/C18H19N5O3/c1-12-7-14(21-26-12)18(24)23-9-15-16(22(2)11-20-15)8-13(23)10-25-17-5-3-4-6-19-17/h3-7,11,13H,8-10H2,1-2H3/t13-/m1/s1. The zero-order valence-electron chi connectivity index (χ0n) is 14.6. The number of pyridine rings is 1. The van der Waals surface area contributed by atoms with E-state index in [1.165, 1.54) is 0 Å². The Bertz CT molecular complexity index is 918. The number of aryl methyl sites for hydroxylation is 2. The monoisotopic (exact) mass is 353 g/mol. The second kappa shape index (κ2) is 6.62. The molecule has 1 aliphatic rings. The number of hydrogen-bond donors (Lipinski definition) is 0. The second-order valence-electron chi connectivity index (χ2n) is 6.34. The van der Waals surface area contributed by atoms with Gasteiger partial charge >= 0.3 is 0 Å². The van der Waals surface area contributed by atoms with Crippen molar-refractivity contribution in [3.05, 3.63) is 59.6 Å². The molecule has 1 atom stereocenters. The van der Waals surface area contributed by atoms with Crippen LogP contribution in [0.25, 0.3) is 0 Å². The minimum absolute atomic E-state index is 0.149. The lowest BCUT2D eigenvalue weighted by atomic mass is 10.0. The Labute approximate surface area is 150 Å². The second-order valence-corrected chi connectivity index (χ2v) is 6.34. The molecule has 3 aromatic heterocycles. The summed E-state index contributed by atoms with van der Waals surface area (Å²) in [6.07, 6.45) is 4.10. The lowest BCUT2D eigenvalue weighted by Crippen LogP contribution is -2.47. The number of ether oxygens (including phenoxy) is 1. The summed E-state index contributed by atoms with van der Waals surface area (Å²) in [5.41, 5.74) is 2.31. The molecule has 1 aliphatic heterocycles. The summed E-state index contributed by atoms with van der Waals surface area (Å²) >= 11 is 0. The molecule has 0 saturated heterocycles. The fourth-order valence-electron chi connectivity index (χ4n) is 3.14. The van der Waals surface area contributed by atoms with Crippen molar-refractivity contribution < 1.29 is 14.1 Å². The maximum atomic E-state index is 12.9. The number of imidazole rings is 1. The molecule has 4 heterocycles. The van der Waals surface area contributed by atoms with Gasteiger partial charge in [0, 0.05) is 37.5 Å². The normalized spacial score (nSPS) is 16.4. The summed E-state index contributed by atoms with van der Waals surface area (Å²) in [4.78, 5) is 23.3. The van der Waals surface area contributed by atoms with E-state index in [-0.39, 0.29) is 11.9 Å². The lowest BCUT2D eigenvalue weighted by molar-refractivity contribution is 0.0544. The number of hydrogen-bond acceptors (Lipinski definition) is 6. The van der Waals surface area contributed by atoms with Crippen molar-refractivity contribution in [3.8, 4) is 5.88 Å². The highest BCUT2D eigenvalue weighted by Crippen LogP contribution is 2.24. The minimum atomic E-state index is -0.187. The Hall–Kier alpha value is -3.16. The fraction of sp³-hybridized carbons (Fsp3) is 0.333. The Morgan fingerprint density at radius 1 is 1.38 bits per heavy atom. The van der Waals surface area contributed by atoms with Crippen LogP contribution in [-0.2, 0) is 20.0 Å². The summed E-state index contributed by atoms with van der Waals surface area (Å²) in [6.45, 7) is 2.51. The van der Waals surface area contributed by atoms with Crippen LogP contribution in [0.15, 0.2) is 41.3 Å². The first-order valence-corrected chi connectivity index (χ1v) is 8.39.